The third-order valence-electron chi connectivity index (χ3n) is 6.16. The monoisotopic (exact) mass is 548 g/mol. The van der Waals surface area contributed by atoms with Crippen molar-refractivity contribution in [1.82, 2.24) is 25.1 Å². The minimum absolute atomic E-state index is 0.0158. The van der Waals surface area contributed by atoms with Crippen molar-refractivity contribution in [3.63, 3.8) is 0 Å². The molecule has 2 saturated heterocycles. The van der Waals surface area contributed by atoms with Gasteiger partial charge in [-0.05, 0) is 6.42 Å². The van der Waals surface area contributed by atoms with Crippen molar-refractivity contribution in [3.05, 3.63) is 42.1 Å². The Morgan fingerprint density at radius 1 is 1.08 bits per heavy atom. The van der Waals surface area contributed by atoms with Gasteiger partial charge in [0.1, 0.15) is 17.6 Å². The SMILES string of the molecule is O=C(N[C@@H](CP(=O)(O)O)C(=O)N1CCN(C(=O)O)CC1)c1cc(N[C@@H]2CCOC2)nc(-c2ccccc2)n1. The number of ether oxygens (including phenoxy) is 1. The van der Waals surface area contributed by atoms with Crippen molar-refractivity contribution in [3.8, 4) is 11.4 Å². The molecule has 2 fully saturated rings. The third-order valence-corrected chi connectivity index (χ3v) is 7.00. The summed E-state index contributed by atoms with van der Waals surface area (Å²) >= 11 is 0. The van der Waals surface area contributed by atoms with E-state index in [9.17, 15) is 28.7 Å². The first-order valence-electron chi connectivity index (χ1n) is 12.0. The van der Waals surface area contributed by atoms with Gasteiger partial charge in [0.2, 0.25) is 5.91 Å². The van der Waals surface area contributed by atoms with Crippen LogP contribution in [0.2, 0.25) is 0 Å². The van der Waals surface area contributed by atoms with Crippen LogP contribution in [0, 0.1) is 0 Å². The molecule has 1 aromatic carbocycles. The number of nitrogens with one attached hydrogen (secondary N) is 2. The predicted octanol–water partition coefficient (Wildman–Crippen LogP) is 0.443. The normalized spacial score (nSPS) is 18.6. The largest absolute Gasteiger partial charge is 0.465 e. The highest BCUT2D eigenvalue weighted by atomic mass is 31.2. The smallest absolute Gasteiger partial charge is 0.407 e. The number of nitrogens with zero attached hydrogens (tertiary/aromatic N) is 4. The van der Waals surface area contributed by atoms with Crippen molar-refractivity contribution in [1.29, 1.82) is 0 Å². The zero-order valence-electron chi connectivity index (χ0n) is 20.4. The highest BCUT2D eigenvalue weighted by Crippen LogP contribution is 2.35. The van der Waals surface area contributed by atoms with Gasteiger partial charge in [-0.15, -0.1) is 0 Å². The molecule has 0 aliphatic carbocycles. The Morgan fingerprint density at radius 2 is 1.76 bits per heavy atom. The van der Waals surface area contributed by atoms with E-state index in [1.54, 1.807) is 24.3 Å². The van der Waals surface area contributed by atoms with E-state index in [0.717, 1.165) is 11.3 Å². The molecule has 1 aromatic heterocycles. The predicted molar refractivity (Wildman–Crippen MR) is 135 cm³/mol. The van der Waals surface area contributed by atoms with Gasteiger partial charge < -0.3 is 40.1 Å². The molecule has 0 unspecified atom stereocenters. The van der Waals surface area contributed by atoms with Gasteiger partial charge >= 0.3 is 13.7 Å². The second kappa shape index (κ2) is 11.9. The van der Waals surface area contributed by atoms with Crippen LogP contribution >= 0.6 is 7.60 Å². The molecule has 0 radical (unpaired) electrons. The lowest BCUT2D eigenvalue weighted by Gasteiger charge is -2.35. The van der Waals surface area contributed by atoms with Crippen LogP contribution in [0.1, 0.15) is 16.9 Å². The molecule has 0 saturated carbocycles. The lowest BCUT2D eigenvalue weighted by atomic mass is 10.2. The fourth-order valence-corrected chi connectivity index (χ4v) is 4.93. The number of hydrogen-bond acceptors (Lipinski definition) is 8. The van der Waals surface area contributed by atoms with Crippen LogP contribution in [0.25, 0.3) is 11.4 Å². The van der Waals surface area contributed by atoms with Crippen molar-refractivity contribution in [2.75, 3.05) is 50.9 Å². The summed E-state index contributed by atoms with van der Waals surface area (Å²) in [7, 11) is -4.72. The van der Waals surface area contributed by atoms with Gasteiger partial charge in [0.15, 0.2) is 5.82 Å². The Labute approximate surface area is 218 Å². The average molecular weight is 548 g/mol. The minimum Gasteiger partial charge on any atom is -0.465 e. The van der Waals surface area contributed by atoms with Crippen molar-refractivity contribution in [2.24, 2.45) is 0 Å². The molecular weight excluding hydrogens is 519 g/mol. The van der Waals surface area contributed by atoms with Crippen LogP contribution in [0.3, 0.4) is 0 Å². The van der Waals surface area contributed by atoms with E-state index in [-0.39, 0.29) is 43.7 Å². The van der Waals surface area contributed by atoms with E-state index in [0.29, 0.717) is 24.6 Å². The van der Waals surface area contributed by atoms with Gasteiger partial charge in [-0.2, -0.15) is 0 Å². The lowest BCUT2D eigenvalue weighted by Crippen LogP contribution is -2.56. The number of piperazine rings is 1. The van der Waals surface area contributed by atoms with Gasteiger partial charge in [-0.25, -0.2) is 14.8 Å². The minimum atomic E-state index is -4.72. The van der Waals surface area contributed by atoms with E-state index in [4.69, 9.17) is 9.84 Å². The number of amides is 3. The van der Waals surface area contributed by atoms with Gasteiger partial charge in [0.05, 0.1) is 18.8 Å². The second-order valence-corrected chi connectivity index (χ2v) is 10.7. The van der Waals surface area contributed by atoms with Crippen LogP contribution in [0.5, 0.6) is 0 Å². The molecule has 204 valence electrons. The molecule has 4 rings (SSSR count). The molecule has 14 nitrogen and oxygen atoms in total. The molecule has 0 bridgehead atoms. The molecule has 3 amide bonds. The van der Waals surface area contributed by atoms with E-state index in [1.165, 1.54) is 11.0 Å². The summed E-state index contributed by atoms with van der Waals surface area (Å²) in [5.41, 5.74) is 0.548. The second-order valence-electron chi connectivity index (χ2n) is 9.00. The fourth-order valence-electron chi connectivity index (χ4n) is 4.21. The summed E-state index contributed by atoms with van der Waals surface area (Å²) in [6.07, 6.45) is -1.29. The van der Waals surface area contributed by atoms with Gasteiger partial charge in [-0.3, -0.25) is 14.2 Å². The Kier molecular flexibility index (Phi) is 8.57. The van der Waals surface area contributed by atoms with E-state index in [1.807, 2.05) is 6.07 Å². The maximum atomic E-state index is 13.3. The van der Waals surface area contributed by atoms with E-state index in [2.05, 4.69) is 20.6 Å². The van der Waals surface area contributed by atoms with Crippen LogP contribution in [0.4, 0.5) is 10.6 Å². The molecular formula is C23H29N6O8P. The van der Waals surface area contributed by atoms with Gasteiger partial charge in [-0.1, -0.05) is 30.3 Å². The highest BCUT2D eigenvalue weighted by Gasteiger charge is 2.34. The first kappa shape index (κ1) is 27.5. The molecule has 2 aliphatic rings. The van der Waals surface area contributed by atoms with E-state index < -0.39 is 37.7 Å². The Balaban J connectivity index is 1.57. The highest BCUT2D eigenvalue weighted by molar-refractivity contribution is 7.51. The van der Waals surface area contributed by atoms with Crippen molar-refractivity contribution < 1.29 is 38.6 Å². The van der Waals surface area contributed by atoms with Gasteiger partial charge in [0.25, 0.3) is 5.91 Å². The third kappa shape index (κ3) is 7.25. The topological polar surface area (TPSA) is 195 Å². The molecule has 2 aromatic rings. The molecule has 15 heteroatoms. The number of aromatic nitrogens is 2. The quantitative estimate of drug-likeness (QED) is 0.287. The number of carbonyl (C=O) groups is 3. The summed E-state index contributed by atoms with van der Waals surface area (Å²) in [5.74, 6) is -0.915. The number of benzene rings is 1. The molecule has 5 N–H and O–H groups in total. The first-order chi connectivity index (χ1) is 18.1. The van der Waals surface area contributed by atoms with Crippen LogP contribution in [-0.2, 0) is 14.1 Å². The zero-order chi connectivity index (χ0) is 27.3. The molecule has 2 aliphatic heterocycles. The summed E-state index contributed by atoms with van der Waals surface area (Å²) < 4.78 is 17.2. The summed E-state index contributed by atoms with van der Waals surface area (Å²) in [6.45, 7) is 1.21. The zero-order valence-corrected chi connectivity index (χ0v) is 21.3. The summed E-state index contributed by atoms with van der Waals surface area (Å²) in [4.78, 5) is 68.0. The molecule has 38 heavy (non-hydrogen) atoms. The Bertz CT molecular complexity index is 1210. The maximum Gasteiger partial charge on any atom is 0.407 e. The lowest BCUT2D eigenvalue weighted by molar-refractivity contribution is -0.134. The van der Waals surface area contributed by atoms with E-state index >= 15 is 0 Å². The van der Waals surface area contributed by atoms with Crippen LogP contribution in [-0.4, -0.2) is 110 Å². The van der Waals surface area contributed by atoms with Crippen LogP contribution in [0.15, 0.2) is 36.4 Å². The molecule has 0 spiro atoms. The Hall–Kier alpha value is -3.58. The number of carboxylic acid groups (broad SMARTS) is 1. The first-order valence-corrected chi connectivity index (χ1v) is 13.8. The Morgan fingerprint density at radius 3 is 2.37 bits per heavy atom. The summed E-state index contributed by atoms with van der Waals surface area (Å²) in [5, 5.41) is 14.8. The van der Waals surface area contributed by atoms with Gasteiger partial charge in [0, 0.05) is 44.4 Å². The number of anilines is 1. The maximum absolute atomic E-state index is 13.3. The molecule has 2 atom stereocenters. The van der Waals surface area contributed by atoms with Crippen molar-refractivity contribution in [2.45, 2.75) is 18.5 Å². The van der Waals surface area contributed by atoms with Crippen LogP contribution < -0.4 is 10.6 Å². The number of hydrogen-bond donors (Lipinski definition) is 5. The standard InChI is InChI=1S/C23H29N6O8P/c30-21(26-18(14-38(34,35)36)22(31)28-7-9-29(10-8-28)23(32)33)17-12-19(24-16-6-11-37-13-16)27-20(25-17)15-4-2-1-3-5-15/h1-5,12,16,18H,6-11,13-14H2,(H,26,30)(H,32,33)(H,24,25,27)(H2,34,35,36)/t16-,18+/m1/s1. The number of rotatable bonds is 8. The fraction of sp³-hybridized carbons (Fsp3) is 0.435. The summed E-state index contributed by atoms with van der Waals surface area (Å²) in [6, 6.07) is 8.80. The average Bonchev–Trinajstić information content (AvgIpc) is 3.40. The van der Waals surface area contributed by atoms with Crippen molar-refractivity contribution >= 4 is 31.3 Å². The molecule has 3 heterocycles. The number of carbonyl (C=O) groups excluding carboxylic acids is 2.